The minimum Gasteiger partial charge on any atom is -0.468 e. The second kappa shape index (κ2) is 13.5. The van der Waals surface area contributed by atoms with Crippen LogP contribution in [-0.4, -0.2) is 30.1 Å². The fourth-order valence-corrected chi connectivity index (χ4v) is 5.55. The van der Waals surface area contributed by atoms with Gasteiger partial charge in [0.15, 0.2) is 0 Å². The van der Waals surface area contributed by atoms with Gasteiger partial charge < -0.3 is 25.1 Å². The minimum atomic E-state index is -0.827. The minimum absolute atomic E-state index is 0.0376. The van der Waals surface area contributed by atoms with Gasteiger partial charge in [0, 0.05) is 27.1 Å². The summed E-state index contributed by atoms with van der Waals surface area (Å²) >= 11 is 13.1. The average Bonchev–Trinajstić information content (AvgIpc) is 3.46. The van der Waals surface area contributed by atoms with Crippen LogP contribution in [0.25, 0.3) is 0 Å². The summed E-state index contributed by atoms with van der Waals surface area (Å²) in [5.41, 5.74) is 2.22. The van der Waals surface area contributed by atoms with Crippen LogP contribution in [0.2, 0.25) is 10.0 Å². The zero-order valence-corrected chi connectivity index (χ0v) is 24.2. The number of allylic oxidation sites excluding steroid dienone is 2. The summed E-state index contributed by atoms with van der Waals surface area (Å²) in [6.45, 7) is 3.68. The van der Waals surface area contributed by atoms with Crippen molar-refractivity contribution in [2.45, 2.75) is 19.8 Å². The van der Waals surface area contributed by atoms with Gasteiger partial charge in [-0.2, -0.15) is 5.26 Å². The molecule has 210 valence electrons. The summed E-state index contributed by atoms with van der Waals surface area (Å²) < 4.78 is 10.6. The van der Waals surface area contributed by atoms with Crippen molar-refractivity contribution >= 4 is 64.1 Å². The van der Waals surface area contributed by atoms with Crippen molar-refractivity contribution in [3.05, 3.63) is 104 Å². The highest BCUT2D eigenvalue weighted by molar-refractivity contribution is 8.03. The molecule has 2 heterocycles. The third-order valence-corrected chi connectivity index (χ3v) is 7.32. The molecule has 1 aliphatic heterocycles. The lowest BCUT2D eigenvalue weighted by Crippen LogP contribution is -2.31. The summed E-state index contributed by atoms with van der Waals surface area (Å²) in [5.74, 6) is -1.74. The first-order valence-electron chi connectivity index (χ1n) is 12.3. The molecule has 0 fully saturated rings. The molecule has 2 aromatic carbocycles. The van der Waals surface area contributed by atoms with E-state index in [-0.39, 0.29) is 29.4 Å². The number of carbonyl (C=O) groups is 3. The van der Waals surface area contributed by atoms with E-state index in [9.17, 15) is 19.6 Å². The summed E-state index contributed by atoms with van der Waals surface area (Å²) in [4.78, 5) is 38.1. The van der Waals surface area contributed by atoms with Crippen molar-refractivity contribution in [1.29, 1.82) is 5.26 Å². The molecule has 0 aliphatic carbocycles. The number of carbonyl (C=O) groups excluding carboxylic acids is 3. The molecule has 0 unspecified atom stereocenters. The number of rotatable bonds is 9. The first-order valence-corrected chi connectivity index (χ1v) is 14.1. The summed E-state index contributed by atoms with van der Waals surface area (Å²) in [6, 6.07) is 16.5. The van der Waals surface area contributed by atoms with Gasteiger partial charge in [-0.3, -0.25) is 9.59 Å². The van der Waals surface area contributed by atoms with Crippen molar-refractivity contribution in [2.75, 3.05) is 23.0 Å². The van der Waals surface area contributed by atoms with Crippen LogP contribution >= 0.6 is 35.0 Å². The van der Waals surface area contributed by atoms with Gasteiger partial charge in [-0.1, -0.05) is 35.0 Å². The highest BCUT2D eigenvalue weighted by Crippen LogP contribution is 2.41. The Morgan fingerprint density at radius 2 is 1.78 bits per heavy atom. The number of amides is 2. The zero-order chi connectivity index (χ0) is 29.5. The Balaban J connectivity index is 1.54. The van der Waals surface area contributed by atoms with E-state index in [1.54, 1.807) is 68.4 Å². The van der Waals surface area contributed by atoms with Crippen LogP contribution in [-0.2, 0) is 14.3 Å². The number of anilines is 2. The van der Waals surface area contributed by atoms with Gasteiger partial charge in [0.25, 0.3) is 5.91 Å². The molecule has 0 bridgehead atoms. The number of thioether (sulfide) groups is 1. The highest BCUT2D eigenvalue weighted by Gasteiger charge is 2.36. The van der Waals surface area contributed by atoms with E-state index < -0.39 is 17.8 Å². The van der Waals surface area contributed by atoms with Crippen LogP contribution < -0.4 is 16.0 Å². The van der Waals surface area contributed by atoms with Crippen molar-refractivity contribution in [3.8, 4) is 6.07 Å². The smallest absolute Gasteiger partial charge is 0.338 e. The Hall–Kier alpha value is -4.17. The molecule has 3 N–H and O–H groups in total. The maximum atomic E-state index is 13.5. The van der Waals surface area contributed by atoms with Crippen LogP contribution in [0, 0.1) is 11.3 Å². The first-order chi connectivity index (χ1) is 19.7. The Bertz CT molecular complexity index is 1560. The summed E-state index contributed by atoms with van der Waals surface area (Å²) in [5, 5.41) is 20.0. The van der Waals surface area contributed by atoms with Gasteiger partial charge >= 0.3 is 5.97 Å². The number of esters is 1. The molecule has 0 saturated heterocycles. The number of hydrogen-bond acceptors (Lipinski definition) is 8. The molecular formula is C29H24Cl2N4O5S. The van der Waals surface area contributed by atoms with Gasteiger partial charge in [0.05, 0.1) is 52.3 Å². The number of dihydropyridines is 1. The van der Waals surface area contributed by atoms with Crippen LogP contribution in [0.15, 0.2) is 87.1 Å². The number of hydrogen-bond donors (Lipinski definition) is 3. The summed E-state index contributed by atoms with van der Waals surface area (Å²) in [7, 11) is 0. The quantitative estimate of drug-likeness (QED) is 0.235. The molecule has 12 heteroatoms. The van der Waals surface area contributed by atoms with E-state index in [0.717, 1.165) is 11.8 Å². The number of nitrogens with one attached hydrogen (secondary N) is 3. The van der Waals surface area contributed by atoms with Crippen molar-refractivity contribution in [1.82, 2.24) is 5.32 Å². The molecule has 3 aromatic rings. The Morgan fingerprint density at radius 3 is 2.39 bits per heavy atom. The monoisotopic (exact) mass is 610 g/mol. The van der Waals surface area contributed by atoms with E-state index in [2.05, 4.69) is 22.0 Å². The van der Waals surface area contributed by atoms with Crippen molar-refractivity contribution < 1.29 is 23.5 Å². The van der Waals surface area contributed by atoms with Crippen molar-refractivity contribution in [3.63, 3.8) is 0 Å². The van der Waals surface area contributed by atoms with Crippen LogP contribution in [0.3, 0.4) is 0 Å². The Morgan fingerprint density at radius 1 is 1.07 bits per heavy atom. The van der Waals surface area contributed by atoms with Crippen LogP contribution in [0.1, 0.15) is 35.9 Å². The number of benzene rings is 2. The van der Waals surface area contributed by atoms with Crippen LogP contribution in [0.5, 0.6) is 0 Å². The molecule has 4 rings (SSSR count). The Labute approximate surface area is 250 Å². The maximum Gasteiger partial charge on any atom is 0.338 e. The van der Waals surface area contributed by atoms with Gasteiger partial charge in [0.2, 0.25) is 5.91 Å². The fraction of sp³-hybridized carbons (Fsp3) is 0.172. The lowest BCUT2D eigenvalue weighted by atomic mass is 9.85. The van der Waals surface area contributed by atoms with Gasteiger partial charge in [0.1, 0.15) is 5.76 Å². The lowest BCUT2D eigenvalue weighted by Gasteiger charge is -2.28. The molecule has 2 amide bonds. The molecular weight excluding hydrogens is 587 g/mol. The van der Waals surface area contributed by atoms with E-state index in [4.69, 9.17) is 32.4 Å². The molecule has 1 atom stereocenters. The number of nitrogens with zero attached hydrogens (tertiary/aromatic N) is 1. The predicted octanol–water partition coefficient (Wildman–Crippen LogP) is 6.47. The molecule has 41 heavy (non-hydrogen) atoms. The number of ether oxygens (including phenoxy) is 1. The number of halogens is 2. The molecule has 0 saturated carbocycles. The maximum absolute atomic E-state index is 13.5. The molecule has 0 spiro atoms. The van der Waals surface area contributed by atoms with Crippen molar-refractivity contribution in [2.24, 2.45) is 0 Å². The van der Waals surface area contributed by atoms with Gasteiger partial charge in [-0.05, 0) is 68.4 Å². The van der Waals surface area contributed by atoms with Gasteiger partial charge in [-0.25, -0.2) is 4.79 Å². The number of furan rings is 1. The standard InChI is InChI=1S/C29H24Cl2N4O5S/c1-3-39-29(38)17-6-8-20(9-7-17)35-27(37)25-16(2)33-28(22(14-32)26(25)23-5-4-10-40-23)41-15-24(36)34-21-12-18(30)11-19(31)13-21/h4-13,26,33H,3,15H2,1-2H3,(H,34,36)(H,35,37)/t26-/m0/s1. The predicted molar refractivity (Wildman–Crippen MR) is 159 cm³/mol. The third kappa shape index (κ3) is 7.32. The van der Waals surface area contributed by atoms with E-state index in [1.807, 2.05) is 0 Å². The normalized spacial score (nSPS) is 14.7. The van der Waals surface area contributed by atoms with E-state index in [1.165, 1.54) is 6.26 Å². The zero-order valence-electron chi connectivity index (χ0n) is 21.9. The van der Waals surface area contributed by atoms with E-state index in [0.29, 0.717) is 43.5 Å². The molecule has 1 aromatic heterocycles. The first kappa shape index (κ1) is 29.8. The summed E-state index contributed by atoms with van der Waals surface area (Å²) in [6.07, 6.45) is 1.46. The molecule has 9 nitrogen and oxygen atoms in total. The molecule has 0 radical (unpaired) electrons. The largest absolute Gasteiger partial charge is 0.468 e. The average molecular weight is 612 g/mol. The fourth-order valence-electron chi connectivity index (χ4n) is 4.13. The topological polar surface area (TPSA) is 133 Å². The molecule has 1 aliphatic rings. The van der Waals surface area contributed by atoms with Gasteiger partial charge in [-0.15, -0.1) is 0 Å². The van der Waals surface area contributed by atoms with E-state index >= 15 is 0 Å². The second-order valence-corrected chi connectivity index (χ2v) is 10.6. The lowest BCUT2D eigenvalue weighted by molar-refractivity contribution is -0.114. The SMILES string of the molecule is CCOC(=O)c1ccc(NC(=O)C2=C(C)NC(SCC(=O)Nc3cc(Cl)cc(Cl)c3)=C(C#N)[C@H]2c2ccco2)cc1. The second-order valence-electron chi connectivity index (χ2n) is 8.71. The Kier molecular flexibility index (Phi) is 9.78. The van der Waals surface area contributed by atoms with Crippen LogP contribution in [0.4, 0.5) is 11.4 Å². The number of nitriles is 1. The highest BCUT2D eigenvalue weighted by atomic mass is 35.5. The third-order valence-electron chi connectivity index (χ3n) is 5.87.